The third-order valence-electron chi connectivity index (χ3n) is 4.90. The Morgan fingerprint density at radius 2 is 1.50 bits per heavy atom. The Bertz CT molecular complexity index is 844. The maximum Gasteiger partial charge on any atom is 0.119 e. The number of rotatable bonds is 7. The summed E-state index contributed by atoms with van der Waals surface area (Å²) in [6, 6.07) is 19.2. The van der Waals surface area contributed by atoms with Gasteiger partial charge in [-0.2, -0.15) is 0 Å². The van der Waals surface area contributed by atoms with Crippen LogP contribution in [0.3, 0.4) is 0 Å². The predicted octanol–water partition coefficient (Wildman–Crippen LogP) is 4.44. The topological polar surface area (TPSA) is 34.1 Å². The Balaban J connectivity index is 1.25. The normalized spacial score (nSPS) is 12.8. The lowest BCUT2D eigenvalue weighted by Gasteiger charge is -2.09. The Kier molecular flexibility index (Phi) is 5.27. The zero-order valence-corrected chi connectivity index (χ0v) is 14.9. The van der Waals surface area contributed by atoms with Gasteiger partial charge in [0.2, 0.25) is 0 Å². The second-order valence-corrected chi connectivity index (χ2v) is 6.85. The van der Waals surface area contributed by atoms with E-state index in [0.29, 0.717) is 6.61 Å². The lowest BCUT2D eigenvalue weighted by Crippen LogP contribution is -2.12. The first-order valence-corrected chi connectivity index (χ1v) is 9.29. The van der Waals surface area contributed by atoms with Crippen molar-refractivity contribution in [1.82, 2.24) is 10.3 Å². The smallest absolute Gasteiger partial charge is 0.119 e. The third-order valence-corrected chi connectivity index (χ3v) is 4.90. The Labute approximate surface area is 155 Å². The maximum atomic E-state index is 5.82. The van der Waals surface area contributed by atoms with Gasteiger partial charge in [-0.1, -0.05) is 30.3 Å². The van der Waals surface area contributed by atoms with Gasteiger partial charge < -0.3 is 10.1 Å². The van der Waals surface area contributed by atoms with Crippen LogP contribution in [0.2, 0.25) is 0 Å². The Morgan fingerprint density at radius 3 is 2.35 bits per heavy atom. The minimum atomic E-state index is 0.568. The van der Waals surface area contributed by atoms with Gasteiger partial charge in [0.25, 0.3) is 0 Å². The molecule has 0 amide bonds. The van der Waals surface area contributed by atoms with Crippen molar-refractivity contribution in [3.63, 3.8) is 0 Å². The van der Waals surface area contributed by atoms with Crippen molar-refractivity contribution in [2.24, 2.45) is 0 Å². The van der Waals surface area contributed by atoms with E-state index in [1.165, 1.54) is 36.0 Å². The highest BCUT2D eigenvalue weighted by molar-refractivity contribution is 5.35. The molecule has 1 aliphatic carbocycles. The van der Waals surface area contributed by atoms with Gasteiger partial charge in [0.05, 0.1) is 0 Å². The lowest BCUT2D eigenvalue weighted by molar-refractivity contribution is 0.306. The molecule has 0 fully saturated rings. The summed E-state index contributed by atoms with van der Waals surface area (Å²) in [7, 11) is 0. The minimum absolute atomic E-state index is 0.568. The highest BCUT2D eigenvalue weighted by Crippen LogP contribution is 2.22. The monoisotopic (exact) mass is 344 g/mol. The molecule has 0 unspecified atom stereocenters. The van der Waals surface area contributed by atoms with Crippen molar-refractivity contribution in [2.75, 3.05) is 0 Å². The number of hydrogen-bond acceptors (Lipinski definition) is 3. The Hall–Kier alpha value is -2.65. The van der Waals surface area contributed by atoms with Crippen LogP contribution in [0, 0.1) is 0 Å². The van der Waals surface area contributed by atoms with Gasteiger partial charge in [0, 0.05) is 25.5 Å². The maximum absolute atomic E-state index is 5.82. The summed E-state index contributed by atoms with van der Waals surface area (Å²) < 4.78 is 5.82. The standard InChI is InChI=1S/C23H24N2O/c1-2-21-7-4-20(14-22(21)3-1)16-25-15-18-5-8-23(9-6-18)26-17-19-10-12-24-13-11-19/h4-14,25H,1-3,15-17H2. The fourth-order valence-corrected chi connectivity index (χ4v) is 3.44. The molecule has 0 radical (unpaired) electrons. The van der Waals surface area contributed by atoms with E-state index < -0.39 is 0 Å². The molecule has 3 nitrogen and oxygen atoms in total. The van der Waals surface area contributed by atoms with E-state index in [4.69, 9.17) is 4.74 Å². The van der Waals surface area contributed by atoms with Crippen LogP contribution in [0.15, 0.2) is 67.0 Å². The first-order chi connectivity index (χ1) is 12.9. The van der Waals surface area contributed by atoms with Crippen molar-refractivity contribution < 1.29 is 4.74 Å². The van der Waals surface area contributed by atoms with Crippen LogP contribution in [0.25, 0.3) is 0 Å². The van der Waals surface area contributed by atoms with E-state index in [9.17, 15) is 0 Å². The molecule has 0 bridgehead atoms. The molecular formula is C23H24N2O. The summed E-state index contributed by atoms with van der Waals surface area (Å²) in [4.78, 5) is 4.02. The van der Waals surface area contributed by atoms with E-state index in [2.05, 4.69) is 40.6 Å². The molecule has 1 aliphatic rings. The first kappa shape index (κ1) is 16.8. The summed E-state index contributed by atoms with van der Waals surface area (Å²) in [5.74, 6) is 0.893. The average Bonchev–Trinajstić information content (AvgIpc) is 3.16. The molecule has 1 N–H and O–H groups in total. The molecule has 26 heavy (non-hydrogen) atoms. The SMILES string of the molecule is c1cc(COc2ccc(CNCc3ccc4c(c3)CCC4)cc2)ccn1. The van der Waals surface area contributed by atoms with Crippen molar-refractivity contribution >= 4 is 0 Å². The third kappa shape index (κ3) is 4.30. The van der Waals surface area contributed by atoms with Crippen LogP contribution in [0.4, 0.5) is 0 Å². The van der Waals surface area contributed by atoms with Crippen LogP contribution < -0.4 is 10.1 Å². The molecule has 3 heteroatoms. The predicted molar refractivity (Wildman–Crippen MR) is 104 cm³/mol. The van der Waals surface area contributed by atoms with Gasteiger partial charge >= 0.3 is 0 Å². The van der Waals surface area contributed by atoms with E-state index in [1.807, 2.05) is 24.3 Å². The fourth-order valence-electron chi connectivity index (χ4n) is 3.44. The molecule has 0 atom stereocenters. The molecule has 132 valence electrons. The fraction of sp³-hybridized carbons (Fsp3) is 0.261. The molecule has 3 aromatic rings. The molecule has 0 aliphatic heterocycles. The van der Waals surface area contributed by atoms with Gasteiger partial charge in [-0.3, -0.25) is 4.98 Å². The van der Waals surface area contributed by atoms with E-state index in [0.717, 1.165) is 24.4 Å². The summed E-state index contributed by atoms with van der Waals surface area (Å²) >= 11 is 0. The number of aromatic nitrogens is 1. The number of benzene rings is 2. The van der Waals surface area contributed by atoms with Gasteiger partial charge in [-0.25, -0.2) is 0 Å². The number of aryl methyl sites for hydroxylation is 2. The summed E-state index contributed by atoms with van der Waals surface area (Å²) in [5, 5.41) is 3.54. The van der Waals surface area contributed by atoms with Gasteiger partial charge in [0.1, 0.15) is 12.4 Å². The van der Waals surface area contributed by atoms with E-state index >= 15 is 0 Å². The van der Waals surface area contributed by atoms with Crippen molar-refractivity contribution in [3.05, 3.63) is 94.8 Å². The number of nitrogens with one attached hydrogen (secondary N) is 1. The Morgan fingerprint density at radius 1 is 0.769 bits per heavy atom. The minimum Gasteiger partial charge on any atom is -0.489 e. The van der Waals surface area contributed by atoms with Gasteiger partial charge in [-0.15, -0.1) is 0 Å². The molecule has 1 aromatic heterocycles. The highest BCUT2D eigenvalue weighted by Gasteiger charge is 2.10. The van der Waals surface area contributed by atoms with E-state index in [-0.39, 0.29) is 0 Å². The van der Waals surface area contributed by atoms with Crippen LogP contribution in [-0.2, 0) is 32.5 Å². The number of ether oxygens (including phenoxy) is 1. The number of nitrogens with zero attached hydrogens (tertiary/aromatic N) is 1. The zero-order chi connectivity index (χ0) is 17.6. The molecule has 4 rings (SSSR count). The van der Waals surface area contributed by atoms with Gasteiger partial charge in [0.15, 0.2) is 0 Å². The molecule has 0 saturated carbocycles. The van der Waals surface area contributed by atoms with Gasteiger partial charge in [-0.05, 0) is 71.3 Å². The quantitative estimate of drug-likeness (QED) is 0.688. The average molecular weight is 344 g/mol. The van der Waals surface area contributed by atoms with Crippen LogP contribution in [0.1, 0.15) is 34.2 Å². The van der Waals surface area contributed by atoms with Crippen LogP contribution >= 0.6 is 0 Å². The summed E-state index contributed by atoms with van der Waals surface area (Å²) in [6.45, 7) is 2.34. The van der Waals surface area contributed by atoms with Crippen LogP contribution in [-0.4, -0.2) is 4.98 Å². The van der Waals surface area contributed by atoms with Crippen molar-refractivity contribution in [1.29, 1.82) is 0 Å². The second-order valence-electron chi connectivity index (χ2n) is 6.85. The number of fused-ring (bicyclic) bond motifs is 1. The number of pyridine rings is 1. The molecule has 1 heterocycles. The molecule has 2 aromatic carbocycles. The second kappa shape index (κ2) is 8.15. The molecule has 0 saturated heterocycles. The molecular weight excluding hydrogens is 320 g/mol. The number of hydrogen-bond donors (Lipinski definition) is 1. The summed E-state index contributed by atoms with van der Waals surface area (Å²) in [5.41, 5.74) is 6.85. The van der Waals surface area contributed by atoms with Crippen molar-refractivity contribution in [2.45, 2.75) is 39.0 Å². The zero-order valence-electron chi connectivity index (χ0n) is 14.9. The largest absolute Gasteiger partial charge is 0.489 e. The lowest BCUT2D eigenvalue weighted by atomic mass is 10.1. The van der Waals surface area contributed by atoms with E-state index in [1.54, 1.807) is 18.0 Å². The summed E-state index contributed by atoms with van der Waals surface area (Å²) in [6.07, 6.45) is 7.37. The first-order valence-electron chi connectivity index (χ1n) is 9.29. The van der Waals surface area contributed by atoms with Crippen molar-refractivity contribution in [3.8, 4) is 5.75 Å². The highest BCUT2D eigenvalue weighted by atomic mass is 16.5. The molecule has 0 spiro atoms. The van der Waals surface area contributed by atoms with Crippen LogP contribution in [0.5, 0.6) is 5.75 Å².